The van der Waals surface area contributed by atoms with Crippen LogP contribution in [0.25, 0.3) is 0 Å². The van der Waals surface area contributed by atoms with Gasteiger partial charge in [0.05, 0.1) is 12.7 Å². The van der Waals surface area contributed by atoms with Crippen LogP contribution >= 0.6 is 11.8 Å². The topological polar surface area (TPSA) is 75.9 Å². The number of amides is 1. The van der Waals surface area contributed by atoms with E-state index in [0.29, 0.717) is 25.2 Å². The fourth-order valence-corrected chi connectivity index (χ4v) is 3.70. The summed E-state index contributed by atoms with van der Waals surface area (Å²) in [6.45, 7) is 4.54. The lowest BCUT2D eigenvalue weighted by molar-refractivity contribution is -0.116. The molecular weight excluding hydrogens is 396 g/mol. The van der Waals surface area contributed by atoms with Crippen molar-refractivity contribution in [2.75, 3.05) is 30.6 Å². The number of thioether (sulfide) groups is 1. The van der Waals surface area contributed by atoms with E-state index in [0.717, 1.165) is 33.4 Å². The zero-order valence-electron chi connectivity index (χ0n) is 18.1. The molecule has 0 saturated heterocycles. The maximum Gasteiger partial charge on any atom is 0.225 e. The summed E-state index contributed by atoms with van der Waals surface area (Å²) in [7, 11) is 4.03. The van der Waals surface area contributed by atoms with Gasteiger partial charge in [-0.05, 0) is 49.8 Å². The smallest absolute Gasteiger partial charge is 0.225 e. The summed E-state index contributed by atoms with van der Waals surface area (Å²) in [6.07, 6.45) is 4.64. The predicted octanol–water partition coefficient (Wildman–Crippen LogP) is 3.70. The molecule has 7 nitrogen and oxygen atoms in total. The van der Waals surface area contributed by atoms with Crippen LogP contribution in [0.3, 0.4) is 0 Å². The van der Waals surface area contributed by atoms with Crippen LogP contribution in [0.1, 0.15) is 28.9 Å². The van der Waals surface area contributed by atoms with Crippen molar-refractivity contribution in [1.82, 2.24) is 19.7 Å². The van der Waals surface area contributed by atoms with Crippen molar-refractivity contribution in [2.45, 2.75) is 38.4 Å². The monoisotopic (exact) mass is 424 g/mol. The summed E-state index contributed by atoms with van der Waals surface area (Å²) >= 11 is 1.52. The third-order valence-corrected chi connectivity index (χ3v) is 5.50. The van der Waals surface area contributed by atoms with Gasteiger partial charge in [0.15, 0.2) is 5.16 Å². The second-order valence-electron chi connectivity index (χ2n) is 7.34. The number of hydrogen-bond acceptors (Lipinski definition) is 6. The van der Waals surface area contributed by atoms with Crippen LogP contribution in [0.5, 0.6) is 0 Å². The van der Waals surface area contributed by atoms with Crippen LogP contribution in [0.4, 0.5) is 11.5 Å². The fourth-order valence-electron chi connectivity index (χ4n) is 3.24. The summed E-state index contributed by atoms with van der Waals surface area (Å²) in [5.41, 5.74) is 5.18. The first-order valence-electron chi connectivity index (χ1n) is 9.83. The molecule has 8 heteroatoms. The highest BCUT2D eigenvalue weighted by Gasteiger charge is 2.12. The van der Waals surface area contributed by atoms with Crippen molar-refractivity contribution in [3.8, 4) is 0 Å². The van der Waals surface area contributed by atoms with Crippen molar-refractivity contribution in [2.24, 2.45) is 0 Å². The Morgan fingerprint density at radius 1 is 1.10 bits per heavy atom. The highest BCUT2D eigenvalue weighted by atomic mass is 32.2. The summed E-state index contributed by atoms with van der Waals surface area (Å²) in [6, 6.07) is 10.1. The van der Waals surface area contributed by atoms with E-state index in [9.17, 15) is 4.79 Å². The van der Waals surface area contributed by atoms with E-state index in [1.165, 1.54) is 11.8 Å². The Morgan fingerprint density at radius 2 is 1.77 bits per heavy atom. The molecule has 2 heterocycles. The van der Waals surface area contributed by atoms with Gasteiger partial charge in [-0.3, -0.25) is 4.79 Å². The number of carbonyl (C=O) groups is 1. The number of rotatable bonds is 8. The summed E-state index contributed by atoms with van der Waals surface area (Å²) in [4.78, 5) is 23.6. The quantitative estimate of drug-likeness (QED) is 0.439. The second kappa shape index (κ2) is 9.75. The number of nitrogens with one attached hydrogen (secondary N) is 1. The number of aromatic nitrogens is 4. The fraction of sp³-hybridized carbons (Fsp3) is 0.364. The molecule has 0 aliphatic rings. The van der Waals surface area contributed by atoms with Gasteiger partial charge < -0.3 is 10.2 Å². The number of benzene rings is 1. The lowest BCUT2D eigenvalue weighted by atomic mass is 10.1. The summed E-state index contributed by atoms with van der Waals surface area (Å²) in [5, 5.41) is 8.10. The molecule has 0 bridgehead atoms. The van der Waals surface area contributed by atoms with Gasteiger partial charge in [-0.15, -0.1) is 0 Å². The Labute approximate surface area is 181 Å². The molecule has 0 aliphatic carbocycles. The normalized spacial score (nSPS) is 10.8. The van der Waals surface area contributed by atoms with Gasteiger partial charge in [0.2, 0.25) is 5.91 Å². The Bertz CT molecular complexity index is 990. The lowest BCUT2D eigenvalue weighted by Gasteiger charge is -2.14. The van der Waals surface area contributed by atoms with Crippen LogP contribution < -0.4 is 10.2 Å². The zero-order valence-corrected chi connectivity index (χ0v) is 19.0. The Hall–Kier alpha value is -2.87. The molecule has 0 atom stereocenters. The van der Waals surface area contributed by atoms with Crippen molar-refractivity contribution < 1.29 is 4.79 Å². The van der Waals surface area contributed by atoms with Gasteiger partial charge in [0.25, 0.3) is 0 Å². The molecule has 3 rings (SSSR count). The Morgan fingerprint density at radius 3 is 2.37 bits per heavy atom. The minimum atomic E-state index is -0.0487. The molecule has 0 unspecified atom stereocenters. The maximum absolute atomic E-state index is 12.6. The molecule has 0 aliphatic heterocycles. The van der Waals surface area contributed by atoms with Gasteiger partial charge in [-0.1, -0.05) is 23.9 Å². The van der Waals surface area contributed by atoms with Crippen molar-refractivity contribution in [1.29, 1.82) is 0 Å². The van der Waals surface area contributed by atoms with Crippen molar-refractivity contribution in [3.63, 3.8) is 0 Å². The van der Waals surface area contributed by atoms with E-state index in [2.05, 4.69) is 49.5 Å². The molecule has 158 valence electrons. The van der Waals surface area contributed by atoms with E-state index < -0.39 is 0 Å². The number of hydrogen-bond donors (Lipinski definition) is 1. The van der Waals surface area contributed by atoms with E-state index in [1.807, 2.05) is 40.3 Å². The van der Waals surface area contributed by atoms with Gasteiger partial charge in [-0.2, -0.15) is 5.10 Å². The molecule has 2 aromatic heterocycles. The molecule has 0 saturated carbocycles. The third-order valence-electron chi connectivity index (χ3n) is 4.95. The molecule has 1 aromatic carbocycles. The summed E-state index contributed by atoms with van der Waals surface area (Å²) < 4.78 is 1.80. The molecule has 30 heavy (non-hydrogen) atoms. The number of nitrogens with zero attached hydrogens (tertiary/aromatic N) is 5. The van der Waals surface area contributed by atoms with Gasteiger partial charge in [-0.25, -0.2) is 14.6 Å². The highest BCUT2D eigenvalue weighted by Crippen LogP contribution is 2.18. The maximum atomic E-state index is 12.6. The summed E-state index contributed by atoms with van der Waals surface area (Å²) in [5.74, 6) is 0.645. The number of anilines is 2. The second-order valence-corrected chi connectivity index (χ2v) is 8.12. The molecule has 0 radical (unpaired) electrons. The van der Waals surface area contributed by atoms with Crippen LogP contribution in [-0.2, 0) is 17.8 Å². The van der Waals surface area contributed by atoms with Crippen molar-refractivity contribution >= 4 is 29.2 Å². The number of aryl methyl sites for hydroxylation is 2. The van der Waals surface area contributed by atoms with Gasteiger partial charge >= 0.3 is 0 Å². The van der Waals surface area contributed by atoms with Gasteiger partial charge in [0.1, 0.15) is 5.82 Å². The lowest BCUT2D eigenvalue weighted by Crippen LogP contribution is -2.17. The van der Waals surface area contributed by atoms with Crippen LogP contribution in [0, 0.1) is 13.8 Å². The van der Waals surface area contributed by atoms with Crippen LogP contribution in [0.15, 0.2) is 41.7 Å². The molecule has 1 amide bonds. The first-order valence-corrected chi connectivity index (χ1v) is 11.1. The number of carbonyl (C=O) groups excluding carboxylic acids is 1. The SMILES string of the molecule is CSc1nc(C)c(CCC(=O)Nc2ccnn2Cc2ccc(N(C)C)cc2)c(C)n1. The highest BCUT2D eigenvalue weighted by molar-refractivity contribution is 7.98. The van der Waals surface area contributed by atoms with E-state index in [1.54, 1.807) is 10.9 Å². The van der Waals surface area contributed by atoms with E-state index in [4.69, 9.17) is 0 Å². The Kier molecular flexibility index (Phi) is 7.10. The standard InChI is InChI=1S/C22H28N6OS/c1-15-19(16(2)25-22(24-15)30-5)10-11-21(29)26-20-12-13-23-28(20)14-17-6-8-18(9-7-17)27(3)4/h6-9,12-13H,10-11,14H2,1-5H3,(H,26,29). The van der Waals surface area contributed by atoms with Crippen molar-refractivity contribution in [3.05, 3.63) is 59.0 Å². The third kappa shape index (κ3) is 5.38. The molecular formula is C22H28N6OS. The molecule has 0 spiro atoms. The zero-order chi connectivity index (χ0) is 21.7. The Balaban J connectivity index is 1.61. The predicted molar refractivity (Wildman–Crippen MR) is 122 cm³/mol. The first kappa shape index (κ1) is 21.8. The molecule has 1 N–H and O–H groups in total. The average Bonchev–Trinajstić information content (AvgIpc) is 3.14. The largest absolute Gasteiger partial charge is 0.378 e. The van der Waals surface area contributed by atoms with Crippen LogP contribution in [-0.4, -0.2) is 46.0 Å². The first-order chi connectivity index (χ1) is 14.4. The average molecular weight is 425 g/mol. The minimum Gasteiger partial charge on any atom is -0.378 e. The van der Waals surface area contributed by atoms with E-state index in [-0.39, 0.29) is 5.91 Å². The minimum absolute atomic E-state index is 0.0487. The molecule has 3 aromatic rings. The van der Waals surface area contributed by atoms with E-state index >= 15 is 0 Å². The van der Waals surface area contributed by atoms with Gasteiger partial charge in [0, 0.05) is 43.7 Å². The van der Waals surface area contributed by atoms with Crippen LogP contribution in [0.2, 0.25) is 0 Å². The molecule has 0 fully saturated rings.